The number of nitrogens with zero attached hydrogens (tertiary/aromatic N) is 3. The Bertz CT molecular complexity index is 867. The zero-order valence-corrected chi connectivity index (χ0v) is 11.8. The molecule has 22 heavy (non-hydrogen) atoms. The highest BCUT2D eigenvalue weighted by atomic mass is 16.2. The molecule has 3 rings (SSSR count). The maximum atomic E-state index is 12.3. The average molecular weight is 295 g/mol. The molecule has 0 atom stereocenters. The second kappa shape index (κ2) is 5.65. The summed E-state index contributed by atoms with van der Waals surface area (Å²) in [5.74, 6) is -0.0570. The van der Waals surface area contributed by atoms with Gasteiger partial charge >= 0.3 is 5.69 Å². The molecule has 0 aliphatic heterocycles. The molecule has 0 saturated heterocycles. The molecule has 0 aliphatic rings. The third-order valence-corrected chi connectivity index (χ3v) is 3.18. The molecule has 0 bridgehead atoms. The number of hydrogen-bond donors (Lipinski definition) is 2. The molecule has 110 valence electrons. The van der Waals surface area contributed by atoms with Gasteiger partial charge in [-0.2, -0.15) is 5.10 Å². The Kier molecular flexibility index (Phi) is 3.53. The quantitative estimate of drug-likeness (QED) is 0.766. The van der Waals surface area contributed by atoms with Crippen molar-refractivity contribution in [3.05, 3.63) is 70.5 Å². The van der Waals surface area contributed by atoms with E-state index in [9.17, 15) is 9.59 Å². The van der Waals surface area contributed by atoms with E-state index in [0.717, 1.165) is 5.69 Å². The Balaban J connectivity index is 1.88. The van der Waals surface area contributed by atoms with Crippen LogP contribution >= 0.6 is 0 Å². The van der Waals surface area contributed by atoms with E-state index in [1.165, 1.54) is 18.5 Å². The summed E-state index contributed by atoms with van der Waals surface area (Å²) in [4.78, 5) is 29.4. The lowest BCUT2D eigenvalue weighted by atomic mass is 10.2. The second-order valence-electron chi connectivity index (χ2n) is 4.63. The summed E-state index contributed by atoms with van der Waals surface area (Å²) in [5.41, 5.74) is 1.49. The van der Waals surface area contributed by atoms with E-state index in [4.69, 9.17) is 0 Å². The number of rotatable bonds is 3. The standard InChI is InChI=1S/C15H13N5O2/c1-10-12(9-17-20(10)11-5-3-2-4-6-11)14(21)18-13-7-8-16-15(22)19-13/h2-9H,1H3,(H2,16,18,19,21,22). The number of carbonyl (C=O) groups excluding carboxylic acids is 1. The summed E-state index contributed by atoms with van der Waals surface area (Å²) in [7, 11) is 0. The minimum Gasteiger partial charge on any atom is -0.308 e. The van der Waals surface area contributed by atoms with Crippen molar-refractivity contribution in [3.63, 3.8) is 0 Å². The topological polar surface area (TPSA) is 92.7 Å². The van der Waals surface area contributed by atoms with E-state index in [2.05, 4.69) is 20.4 Å². The summed E-state index contributed by atoms with van der Waals surface area (Å²) in [6.07, 6.45) is 2.83. The van der Waals surface area contributed by atoms with Gasteiger partial charge in [-0.05, 0) is 25.1 Å². The Labute approximate surface area is 125 Å². The molecule has 0 aliphatic carbocycles. The van der Waals surface area contributed by atoms with Crippen LogP contribution in [-0.4, -0.2) is 25.7 Å². The van der Waals surface area contributed by atoms with Crippen molar-refractivity contribution < 1.29 is 4.79 Å². The van der Waals surface area contributed by atoms with Gasteiger partial charge in [0.1, 0.15) is 5.82 Å². The zero-order valence-electron chi connectivity index (χ0n) is 11.8. The molecule has 0 radical (unpaired) electrons. The number of anilines is 1. The molecule has 3 aromatic rings. The first-order valence-corrected chi connectivity index (χ1v) is 6.62. The highest BCUT2D eigenvalue weighted by Crippen LogP contribution is 2.14. The predicted molar refractivity (Wildman–Crippen MR) is 81.1 cm³/mol. The maximum Gasteiger partial charge on any atom is 0.346 e. The van der Waals surface area contributed by atoms with E-state index in [1.54, 1.807) is 4.68 Å². The molecular formula is C15H13N5O2. The number of amides is 1. The summed E-state index contributed by atoms with van der Waals surface area (Å²) in [6, 6.07) is 11.0. The van der Waals surface area contributed by atoms with E-state index >= 15 is 0 Å². The average Bonchev–Trinajstić information content (AvgIpc) is 2.90. The van der Waals surface area contributed by atoms with E-state index < -0.39 is 5.69 Å². The second-order valence-corrected chi connectivity index (χ2v) is 4.63. The Hall–Kier alpha value is -3.22. The fraction of sp³-hybridized carbons (Fsp3) is 0.0667. The van der Waals surface area contributed by atoms with Gasteiger partial charge in [-0.1, -0.05) is 18.2 Å². The largest absolute Gasteiger partial charge is 0.346 e. The van der Waals surface area contributed by atoms with Gasteiger partial charge in [0.25, 0.3) is 5.91 Å². The first kappa shape index (κ1) is 13.7. The van der Waals surface area contributed by atoms with Crippen molar-refractivity contribution in [2.24, 2.45) is 0 Å². The first-order chi connectivity index (χ1) is 10.6. The van der Waals surface area contributed by atoms with Gasteiger partial charge in [-0.15, -0.1) is 0 Å². The number of H-pyrrole nitrogens is 1. The first-order valence-electron chi connectivity index (χ1n) is 6.62. The van der Waals surface area contributed by atoms with E-state index in [-0.39, 0.29) is 11.7 Å². The van der Waals surface area contributed by atoms with Gasteiger partial charge in [0.05, 0.1) is 23.1 Å². The van der Waals surface area contributed by atoms with Crippen molar-refractivity contribution in [1.82, 2.24) is 19.7 Å². The Morgan fingerprint density at radius 3 is 2.73 bits per heavy atom. The predicted octanol–water partition coefficient (Wildman–Crippen LogP) is 1.52. The van der Waals surface area contributed by atoms with Crippen LogP contribution in [-0.2, 0) is 0 Å². The third kappa shape index (κ3) is 2.64. The summed E-state index contributed by atoms with van der Waals surface area (Å²) in [5, 5.41) is 6.85. The van der Waals surface area contributed by atoms with Crippen LogP contribution in [0.15, 0.2) is 53.6 Å². The SMILES string of the molecule is Cc1c(C(=O)Nc2ccnc(=O)[nH]2)cnn1-c1ccccc1. The smallest absolute Gasteiger partial charge is 0.308 e. The van der Waals surface area contributed by atoms with Gasteiger partial charge in [0, 0.05) is 6.20 Å². The molecule has 1 aromatic carbocycles. The molecule has 0 spiro atoms. The van der Waals surface area contributed by atoms with Crippen molar-refractivity contribution in [2.45, 2.75) is 6.92 Å². The molecule has 2 heterocycles. The number of carbonyl (C=O) groups is 1. The number of aromatic amines is 1. The molecule has 2 aromatic heterocycles. The van der Waals surface area contributed by atoms with Crippen LogP contribution in [0.2, 0.25) is 0 Å². The van der Waals surface area contributed by atoms with E-state index in [1.807, 2.05) is 37.3 Å². The van der Waals surface area contributed by atoms with Crippen molar-refractivity contribution >= 4 is 11.7 Å². The maximum absolute atomic E-state index is 12.3. The highest BCUT2D eigenvalue weighted by molar-refractivity contribution is 6.04. The van der Waals surface area contributed by atoms with Crippen LogP contribution in [0.1, 0.15) is 16.1 Å². The van der Waals surface area contributed by atoms with Crippen LogP contribution in [0.3, 0.4) is 0 Å². The van der Waals surface area contributed by atoms with Crippen LogP contribution < -0.4 is 11.0 Å². The van der Waals surface area contributed by atoms with Gasteiger partial charge < -0.3 is 5.32 Å². The lowest BCUT2D eigenvalue weighted by Gasteiger charge is -2.06. The Morgan fingerprint density at radius 2 is 2.00 bits per heavy atom. The van der Waals surface area contributed by atoms with Gasteiger partial charge in [-0.3, -0.25) is 9.78 Å². The molecule has 7 heteroatoms. The number of para-hydroxylation sites is 1. The van der Waals surface area contributed by atoms with E-state index in [0.29, 0.717) is 11.3 Å². The van der Waals surface area contributed by atoms with Crippen LogP contribution in [0.4, 0.5) is 5.82 Å². The molecule has 0 saturated carbocycles. The fourth-order valence-corrected chi connectivity index (χ4v) is 2.09. The van der Waals surface area contributed by atoms with Crippen LogP contribution in [0.25, 0.3) is 5.69 Å². The minimum atomic E-state index is -0.519. The normalized spacial score (nSPS) is 10.4. The number of aromatic nitrogens is 4. The molecular weight excluding hydrogens is 282 g/mol. The van der Waals surface area contributed by atoms with Crippen LogP contribution in [0, 0.1) is 6.92 Å². The molecule has 7 nitrogen and oxygen atoms in total. The van der Waals surface area contributed by atoms with Gasteiger partial charge in [0.2, 0.25) is 0 Å². The third-order valence-electron chi connectivity index (χ3n) is 3.18. The summed E-state index contributed by atoms with van der Waals surface area (Å²) in [6.45, 7) is 1.81. The van der Waals surface area contributed by atoms with Crippen LogP contribution in [0.5, 0.6) is 0 Å². The summed E-state index contributed by atoms with van der Waals surface area (Å²) >= 11 is 0. The van der Waals surface area contributed by atoms with Gasteiger partial charge in [0.15, 0.2) is 0 Å². The zero-order chi connectivity index (χ0) is 15.5. The van der Waals surface area contributed by atoms with Gasteiger partial charge in [-0.25, -0.2) is 14.5 Å². The van der Waals surface area contributed by atoms with Crippen molar-refractivity contribution in [1.29, 1.82) is 0 Å². The lowest BCUT2D eigenvalue weighted by molar-refractivity contribution is 0.102. The highest BCUT2D eigenvalue weighted by Gasteiger charge is 2.15. The molecule has 1 amide bonds. The van der Waals surface area contributed by atoms with Crippen molar-refractivity contribution in [3.8, 4) is 5.69 Å². The fourth-order valence-electron chi connectivity index (χ4n) is 2.09. The Morgan fingerprint density at radius 1 is 1.23 bits per heavy atom. The number of benzene rings is 1. The monoisotopic (exact) mass is 295 g/mol. The minimum absolute atomic E-state index is 0.289. The number of nitrogens with one attached hydrogen (secondary N) is 2. The molecule has 2 N–H and O–H groups in total. The molecule has 0 fully saturated rings. The molecule has 0 unspecified atom stereocenters. The summed E-state index contributed by atoms with van der Waals surface area (Å²) < 4.78 is 1.68. The number of hydrogen-bond acceptors (Lipinski definition) is 4. The van der Waals surface area contributed by atoms with Crippen molar-refractivity contribution in [2.75, 3.05) is 5.32 Å². The lowest BCUT2D eigenvalue weighted by Crippen LogP contribution is -2.18.